The number of Topliss-reactive ketones (excluding diaryl/α,β-unsaturated/α-hetero) is 2. The highest BCUT2D eigenvalue weighted by Crippen LogP contribution is 2.44. The summed E-state index contributed by atoms with van der Waals surface area (Å²) in [7, 11) is 0. The van der Waals surface area contributed by atoms with Gasteiger partial charge in [-0.3, -0.25) is 19.6 Å². The standard InChI is InChI=1S/C26H34N4O3S2.C21H26N4OS2/c1-6-16(2)28-11-7-17(31)13-21-23(24-29-19-14-27-10-8-20(19)35-24)18-9-12-30(15-22(18)34-21)25(32)33-26(3,4)5;1-3-13(2)24-9-4-14(26)10-18-20(15-5-7-23-12-19(15)27-18)21-25-16-11-22-8-6-17(16)28-21/h8,10,14,16,28H,6-7,9,11-13,15H2,1-5H3;6,8,11,13,23-24H,3-5,7,9-10,12H2,1-2H3. The number of thiophene rings is 2. The fraction of sp³-hybridized carbons (Fsp3) is 0.511. The molecule has 0 fully saturated rings. The van der Waals surface area contributed by atoms with Crippen LogP contribution in [-0.2, 0) is 53.1 Å². The second kappa shape index (κ2) is 21.3. The van der Waals surface area contributed by atoms with Crippen LogP contribution in [0.3, 0.4) is 0 Å². The molecule has 0 saturated heterocycles. The van der Waals surface area contributed by atoms with Gasteiger partial charge in [0.15, 0.2) is 0 Å². The van der Waals surface area contributed by atoms with Crippen molar-refractivity contribution in [3.8, 4) is 21.1 Å². The highest BCUT2D eigenvalue weighted by Gasteiger charge is 2.32. The molecule has 0 bridgehead atoms. The van der Waals surface area contributed by atoms with Gasteiger partial charge in [0.25, 0.3) is 0 Å². The van der Waals surface area contributed by atoms with Crippen molar-refractivity contribution in [2.45, 2.75) is 131 Å². The van der Waals surface area contributed by atoms with E-state index in [1.54, 1.807) is 62.6 Å². The van der Waals surface area contributed by atoms with E-state index >= 15 is 0 Å². The minimum absolute atomic E-state index is 0.215. The quantitative estimate of drug-likeness (QED) is 0.0852. The largest absolute Gasteiger partial charge is 0.444 e. The molecule has 16 heteroatoms. The van der Waals surface area contributed by atoms with Crippen LogP contribution in [0.15, 0.2) is 36.9 Å². The van der Waals surface area contributed by atoms with E-state index in [1.807, 2.05) is 45.3 Å². The number of nitrogens with zero attached hydrogens (tertiary/aromatic N) is 5. The maximum Gasteiger partial charge on any atom is 0.410 e. The third-order valence-electron chi connectivity index (χ3n) is 11.3. The van der Waals surface area contributed by atoms with Gasteiger partial charge in [0.2, 0.25) is 0 Å². The SMILES string of the molecule is CCC(C)NCCC(=O)Cc1sc2c(c1-c1nc3cnccc3s1)CCN(C(=O)OC(C)(C)C)C2.CCC(C)NCCC(=O)Cc1sc2c(c1-c1nc3cnccc3s1)CCNC2. The summed E-state index contributed by atoms with van der Waals surface area (Å²) in [6.07, 6.45) is 12.7. The lowest BCUT2D eigenvalue weighted by Gasteiger charge is -2.30. The summed E-state index contributed by atoms with van der Waals surface area (Å²) in [6, 6.07) is 4.86. The normalized spacial score (nSPS) is 14.8. The number of amides is 1. The summed E-state index contributed by atoms with van der Waals surface area (Å²) in [5.41, 5.74) is 6.16. The van der Waals surface area contributed by atoms with Crippen molar-refractivity contribution in [3.05, 3.63) is 67.6 Å². The molecule has 0 saturated carbocycles. The number of hydrogen-bond donors (Lipinski definition) is 3. The van der Waals surface area contributed by atoms with Crippen LogP contribution in [0.1, 0.15) is 105 Å². The van der Waals surface area contributed by atoms with Crippen LogP contribution in [0.2, 0.25) is 0 Å². The Hall–Kier alpha value is -4.03. The maximum atomic E-state index is 12.9. The number of ketones is 2. The van der Waals surface area contributed by atoms with Crippen LogP contribution in [0, 0.1) is 0 Å². The van der Waals surface area contributed by atoms with Gasteiger partial charge in [0, 0.05) is 107 Å². The molecule has 1 amide bonds. The molecule has 0 radical (unpaired) electrons. The molecule has 0 aromatic carbocycles. The van der Waals surface area contributed by atoms with Gasteiger partial charge in [0.1, 0.15) is 38.2 Å². The number of carbonyl (C=O) groups excluding carboxylic acids is 3. The smallest absolute Gasteiger partial charge is 0.410 e. The molecule has 3 N–H and O–H groups in total. The average molecular weight is 929 g/mol. The molecule has 2 aliphatic heterocycles. The monoisotopic (exact) mass is 928 g/mol. The van der Waals surface area contributed by atoms with Gasteiger partial charge >= 0.3 is 6.09 Å². The number of hydrogen-bond acceptors (Lipinski definition) is 15. The number of ether oxygens (including phenoxy) is 1. The van der Waals surface area contributed by atoms with Crippen molar-refractivity contribution in [1.29, 1.82) is 0 Å². The third kappa shape index (κ3) is 12.0. The maximum absolute atomic E-state index is 12.9. The van der Waals surface area contributed by atoms with Gasteiger partial charge in [-0.2, -0.15) is 0 Å². The molecule has 63 heavy (non-hydrogen) atoms. The molecule has 2 aliphatic rings. The van der Waals surface area contributed by atoms with Crippen LogP contribution in [-0.4, -0.2) is 86.4 Å². The summed E-state index contributed by atoms with van der Waals surface area (Å²) < 4.78 is 7.83. The van der Waals surface area contributed by atoms with Gasteiger partial charge < -0.3 is 25.6 Å². The number of fused-ring (bicyclic) bond motifs is 4. The molecular weight excluding hydrogens is 869 g/mol. The van der Waals surface area contributed by atoms with E-state index in [2.05, 4.69) is 53.6 Å². The Labute approximate surface area is 386 Å². The number of pyridine rings is 2. The predicted molar refractivity (Wildman–Crippen MR) is 259 cm³/mol. The van der Waals surface area contributed by atoms with Gasteiger partial charge in [-0.15, -0.1) is 45.3 Å². The van der Waals surface area contributed by atoms with Crippen molar-refractivity contribution in [1.82, 2.24) is 40.8 Å². The van der Waals surface area contributed by atoms with Crippen LogP contribution in [0.5, 0.6) is 0 Å². The molecule has 0 spiro atoms. The van der Waals surface area contributed by atoms with E-state index in [0.29, 0.717) is 63.2 Å². The molecule has 6 aromatic heterocycles. The third-order valence-corrected chi connectivity index (χ3v) is 15.9. The number of thiazole rings is 2. The molecule has 6 aromatic rings. The molecule has 2 atom stereocenters. The highest BCUT2D eigenvalue weighted by atomic mass is 32.1. The molecule has 12 nitrogen and oxygen atoms in total. The Balaban J connectivity index is 0.000000193. The zero-order valence-corrected chi connectivity index (χ0v) is 40.8. The minimum atomic E-state index is -0.534. The lowest BCUT2D eigenvalue weighted by Crippen LogP contribution is -2.39. The summed E-state index contributed by atoms with van der Waals surface area (Å²) in [5, 5.41) is 12.2. The zero-order chi connectivity index (χ0) is 44.7. The lowest BCUT2D eigenvalue weighted by atomic mass is 10.00. The molecule has 0 aliphatic carbocycles. The van der Waals surface area contributed by atoms with Crippen molar-refractivity contribution in [2.24, 2.45) is 0 Å². The Morgan fingerprint density at radius 2 is 1.30 bits per heavy atom. The molecule has 336 valence electrons. The Morgan fingerprint density at radius 1 is 0.778 bits per heavy atom. The summed E-state index contributed by atoms with van der Waals surface area (Å²) in [5.74, 6) is 0.513. The first-order valence-corrected chi connectivity index (χ1v) is 25.4. The zero-order valence-electron chi connectivity index (χ0n) is 37.5. The van der Waals surface area contributed by atoms with E-state index in [4.69, 9.17) is 14.7 Å². The summed E-state index contributed by atoms with van der Waals surface area (Å²) in [6.45, 7) is 18.6. The van der Waals surface area contributed by atoms with E-state index in [9.17, 15) is 14.4 Å². The minimum Gasteiger partial charge on any atom is -0.444 e. The van der Waals surface area contributed by atoms with Gasteiger partial charge in [-0.25, -0.2) is 14.8 Å². The van der Waals surface area contributed by atoms with E-state index in [1.165, 1.54) is 26.4 Å². The molecule has 8 rings (SSSR count). The van der Waals surface area contributed by atoms with E-state index in [0.717, 1.165) is 91.1 Å². The summed E-state index contributed by atoms with van der Waals surface area (Å²) in [4.78, 5) is 62.9. The average Bonchev–Trinajstić information content (AvgIpc) is 4.04. The summed E-state index contributed by atoms with van der Waals surface area (Å²) >= 11 is 6.77. The first-order chi connectivity index (χ1) is 30.3. The van der Waals surface area contributed by atoms with Gasteiger partial charge in [-0.1, -0.05) is 13.8 Å². The fourth-order valence-electron chi connectivity index (χ4n) is 7.59. The van der Waals surface area contributed by atoms with Crippen molar-refractivity contribution in [2.75, 3.05) is 26.2 Å². The number of rotatable bonds is 16. The van der Waals surface area contributed by atoms with E-state index < -0.39 is 5.60 Å². The van der Waals surface area contributed by atoms with Crippen LogP contribution in [0.25, 0.3) is 41.6 Å². The topological polar surface area (TPSA) is 151 Å². The molecular formula is C47H60N8O4S4. The second-order valence-corrected chi connectivity index (χ2v) is 21.8. The first kappa shape index (κ1) is 46.9. The first-order valence-electron chi connectivity index (χ1n) is 22.2. The second-order valence-electron chi connectivity index (χ2n) is 17.4. The van der Waals surface area contributed by atoms with Gasteiger partial charge in [0.05, 0.1) is 28.3 Å². The van der Waals surface area contributed by atoms with Crippen molar-refractivity contribution < 1.29 is 19.1 Å². The van der Waals surface area contributed by atoms with Crippen LogP contribution >= 0.6 is 45.3 Å². The number of aromatic nitrogens is 4. The predicted octanol–water partition coefficient (Wildman–Crippen LogP) is 9.56. The molecule has 2 unspecified atom stereocenters. The number of nitrogens with one attached hydrogen (secondary N) is 3. The Morgan fingerprint density at radius 3 is 1.81 bits per heavy atom. The van der Waals surface area contributed by atoms with Crippen LogP contribution in [0.4, 0.5) is 4.79 Å². The van der Waals surface area contributed by atoms with Crippen molar-refractivity contribution in [3.63, 3.8) is 0 Å². The van der Waals surface area contributed by atoms with E-state index in [-0.39, 0.29) is 11.9 Å². The fourth-order valence-corrected chi connectivity index (χ4v) is 12.5. The van der Waals surface area contributed by atoms with Crippen LogP contribution < -0.4 is 16.0 Å². The van der Waals surface area contributed by atoms with Crippen molar-refractivity contribution >= 4 is 83.4 Å². The lowest BCUT2D eigenvalue weighted by molar-refractivity contribution is -0.119. The Kier molecular flexibility index (Phi) is 15.9. The highest BCUT2D eigenvalue weighted by molar-refractivity contribution is 7.22. The van der Waals surface area contributed by atoms with Gasteiger partial charge in [-0.05, 0) is 90.1 Å². The number of carbonyl (C=O) groups is 3. The Bertz CT molecular complexity index is 2470. The molecule has 8 heterocycles.